The molecule has 0 saturated heterocycles. The molecule has 0 aliphatic carbocycles. The molecule has 104 valence electrons. The van der Waals surface area contributed by atoms with Gasteiger partial charge in [0.05, 0.1) is 18.2 Å². The Balaban J connectivity index is 2.50. The van der Waals surface area contributed by atoms with Crippen molar-refractivity contribution in [2.45, 2.75) is 6.54 Å². The maximum atomic E-state index is 12.8. The van der Waals surface area contributed by atoms with Crippen molar-refractivity contribution < 1.29 is 0 Å². The summed E-state index contributed by atoms with van der Waals surface area (Å²) in [5, 5.41) is 15.3. The second-order valence-electron chi connectivity index (χ2n) is 4.86. The first kappa shape index (κ1) is 13.6. The molecule has 0 radical (unpaired) electrons. The number of azide groups is 1. The van der Waals surface area contributed by atoms with Gasteiger partial charge in [-0.2, -0.15) is 5.26 Å². The molecule has 0 heterocycles. The summed E-state index contributed by atoms with van der Waals surface area (Å²) >= 11 is 0. The Bertz CT molecular complexity index is 1040. The largest absolute Gasteiger partial charge is 0.289 e. The fourth-order valence-corrected chi connectivity index (χ4v) is 2.53. The number of hydrogen-bond acceptors (Lipinski definition) is 3. The van der Waals surface area contributed by atoms with Crippen LogP contribution in [0.15, 0.2) is 58.4 Å². The van der Waals surface area contributed by atoms with E-state index in [0.717, 1.165) is 10.9 Å². The Kier molecular flexibility index (Phi) is 3.45. The summed E-state index contributed by atoms with van der Waals surface area (Å²) < 4.78 is 0. The zero-order valence-corrected chi connectivity index (χ0v) is 11.5. The van der Waals surface area contributed by atoms with Crippen LogP contribution in [0.5, 0.6) is 0 Å². The van der Waals surface area contributed by atoms with Gasteiger partial charge in [-0.15, -0.1) is 0 Å². The van der Waals surface area contributed by atoms with Gasteiger partial charge in [-0.05, 0) is 28.6 Å². The second-order valence-corrected chi connectivity index (χ2v) is 4.86. The van der Waals surface area contributed by atoms with E-state index in [0.29, 0.717) is 21.7 Å². The lowest BCUT2D eigenvalue weighted by atomic mass is 10.1. The normalized spacial score (nSPS) is 10.1. The first-order chi connectivity index (χ1) is 10.7. The number of fused-ring (bicyclic) bond motifs is 2. The third-order valence-corrected chi connectivity index (χ3v) is 3.56. The summed E-state index contributed by atoms with van der Waals surface area (Å²) in [4.78, 5) is 15.5. The lowest BCUT2D eigenvalue weighted by Crippen LogP contribution is -1.99. The molecule has 0 spiro atoms. The average Bonchev–Trinajstić information content (AvgIpc) is 2.68. The molecule has 0 unspecified atom stereocenters. The smallest absolute Gasteiger partial charge is 0.194 e. The molecule has 5 heteroatoms. The Morgan fingerprint density at radius 1 is 1.09 bits per heavy atom. The Labute approximate surface area is 125 Å². The monoisotopic (exact) mass is 286 g/mol. The predicted molar refractivity (Wildman–Crippen MR) is 85.3 cm³/mol. The lowest BCUT2D eigenvalue weighted by molar-refractivity contribution is 1.05. The fourth-order valence-electron chi connectivity index (χ4n) is 2.53. The molecular weight excluding hydrogens is 276 g/mol. The van der Waals surface area contributed by atoms with E-state index in [2.05, 4.69) is 16.1 Å². The minimum absolute atomic E-state index is 0.130. The molecule has 0 aliphatic heterocycles. The zero-order chi connectivity index (χ0) is 15.5. The van der Waals surface area contributed by atoms with Crippen molar-refractivity contribution in [1.29, 1.82) is 5.26 Å². The van der Waals surface area contributed by atoms with E-state index in [1.54, 1.807) is 36.4 Å². The van der Waals surface area contributed by atoms with Crippen molar-refractivity contribution in [2.75, 3.05) is 0 Å². The highest BCUT2D eigenvalue weighted by Gasteiger charge is 2.07. The molecule has 5 nitrogen and oxygen atoms in total. The molecule has 22 heavy (non-hydrogen) atoms. The van der Waals surface area contributed by atoms with Crippen molar-refractivity contribution in [3.05, 3.63) is 80.3 Å². The minimum Gasteiger partial charge on any atom is -0.289 e. The summed E-state index contributed by atoms with van der Waals surface area (Å²) in [6, 6.07) is 16.3. The number of nitrogens with zero attached hydrogens (tertiary/aromatic N) is 4. The van der Waals surface area contributed by atoms with Gasteiger partial charge in [0.15, 0.2) is 5.43 Å². The first-order valence-corrected chi connectivity index (χ1v) is 6.64. The molecule has 0 N–H and O–H groups in total. The fraction of sp³-hybridized carbons (Fsp3) is 0.0588. The summed E-state index contributed by atoms with van der Waals surface area (Å²) in [5.41, 5.74) is 9.47. The molecule has 0 aromatic heterocycles. The molecule has 3 aromatic rings. The van der Waals surface area contributed by atoms with Crippen molar-refractivity contribution >= 4 is 21.5 Å². The summed E-state index contributed by atoms with van der Waals surface area (Å²) in [6.45, 7) is 0.171. The van der Waals surface area contributed by atoms with Gasteiger partial charge in [-0.3, -0.25) is 4.79 Å². The highest BCUT2D eigenvalue weighted by molar-refractivity contribution is 5.96. The predicted octanol–water partition coefficient (Wildman–Crippen LogP) is 4.04. The van der Waals surface area contributed by atoms with Crippen LogP contribution in [0, 0.1) is 11.3 Å². The van der Waals surface area contributed by atoms with Crippen molar-refractivity contribution in [2.24, 2.45) is 5.11 Å². The van der Waals surface area contributed by atoms with Crippen LogP contribution in [0.2, 0.25) is 0 Å². The molecule has 0 saturated carbocycles. The Morgan fingerprint density at radius 2 is 1.91 bits per heavy atom. The molecule has 0 bridgehead atoms. The summed E-state index contributed by atoms with van der Waals surface area (Å²) in [7, 11) is 0. The summed E-state index contributed by atoms with van der Waals surface area (Å²) in [6.07, 6.45) is 0. The van der Waals surface area contributed by atoms with Crippen molar-refractivity contribution in [3.63, 3.8) is 0 Å². The van der Waals surface area contributed by atoms with Crippen LogP contribution < -0.4 is 5.43 Å². The lowest BCUT2D eigenvalue weighted by Gasteiger charge is -1.98. The van der Waals surface area contributed by atoms with E-state index in [9.17, 15) is 10.1 Å². The maximum Gasteiger partial charge on any atom is 0.194 e. The van der Waals surface area contributed by atoms with E-state index in [1.165, 1.54) is 0 Å². The van der Waals surface area contributed by atoms with E-state index < -0.39 is 0 Å². The average molecular weight is 286 g/mol. The van der Waals surface area contributed by atoms with Gasteiger partial charge in [-0.1, -0.05) is 41.5 Å². The van der Waals surface area contributed by atoms with Crippen LogP contribution in [0.4, 0.5) is 0 Å². The van der Waals surface area contributed by atoms with Crippen LogP contribution >= 0.6 is 0 Å². The number of hydrogen-bond donors (Lipinski definition) is 0. The molecular formula is C17H10N4O. The van der Waals surface area contributed by atoms with Gasteiger partial charge in [0.2, 0.25) is 0 Å². The Morgan fingerprint density at radius 3 is 2.68 bits per heavy atom. The van der Waals surface area contributed by atoms with Crippen LogP contribution in [0.25, 0.3) is 32.0 Å². The minimum atomic E-state index is -0.130. The maximum absolute atomic E-state index is 12.8. The van der Waals surface area contributed by atoms with Gasteiger partial charge < -0.3 is 0 Å². The molecule has 3 rings (SSSR count). The van der Waals surface area contributed by atoms with Gasteiger partial charge in [-0.25, -0.2) is 0 Å². The van der Waals surface area contributed by atoms with Gasteiger partial charge >= 0.3 is 0 Å². The molecule has 0 amide bonds. The number of nitriles is 1. The van der Waals surface area contributed by atoms with Crippen LogP contribution in [-0.2, 0) is 6.54 Å². The van der Waals surface area contributed by atoms with Gasteiger partial charge in [0, 0.05) is 21.1 Å². The van der Waals surface area contributed by atoms with Crippen LogP contribution in [-0.4, -0.2) is 0 Å². The van der Waals surface area contributed by atoms with E-state index >= 15 is 0 Å². The summed E-state index contributed by atoms with van der Waals surface area (Å²) in [5.74, 6) is 0. The van der Waals surface area contributed by atoms with E-state index in [4.69, 9.17) is 5.53 Å². The molecule has 3 aromatic carbocycles. The third kappa shape index (κ3) is 2.24. The first-order valence-electron chi connectivity index (χ1n) is 6.64. The van der Waals surface area contributed by atoms with Gasteiger partial charge in [0.25, 0.3) is 0 Å². The van der Waals surface area contributed by atoms with Gasteiger partial charge in [0.1, 0.15) is 0 Å². The van der Waals surface area contributed by atoms with Crippen LogP contribution in [0.1, 0.15) is 11.1 Å². The number of rotatable bonds is 2. The quantitative estimate of drug-likeness (QED) is 0.404. The van der Waals surface area contributed by atoms with E-state index in [-0.39, 0.29) is 12.0 Å². The topological polar surface area (TPSA) is 89.6 Å². The van der Waals surface area contributed by atoms with Crippen LogP contribution in [0.3, 0.4) is 0 Å². The molecule has 0 atom stereocenters. The van der Waals surface area contributed by atoms with E-state index in [1.807, 2.05) is 12.1 Å². The molecule has 0 fully saturated rings. The SMILES string of the molecule is N#Cc1cc2ccccc2c(=O)c2cc(CN=[N+]=[N-])ccc12. The number of benzene rings is 2. The third-order valence-electron chi connectivity index (χ3n) is 3.56. The highest BCUT2D eigenvalue weighted by Crippen LogP contribution is 2.21. The Hall–Kier alpha value is -3.35. The molecule has 0 aliphatic rings. The standard InChI is InChI=1S/C17H10N4O/c18-9-13-8-12-3-1-2-4-15(12)17(22)16-7-11(10-20-21-19)5-6-14(13)16/h1-8H,10H2. The highest BCUT2D eigenvalue weighted by atomic mass is 16.1. The van der Waals surface area contributed by atoms with Crippen molar-refractivity contribution in [3.8, 4) is 6.07 Å². The van der Waals surface area contributed by atoms with Crippen molar-refractivity contribution in [1.82, 2.24) is 0 Å². The second kappa shape index (κ2) is 5.57. The zero-order valence-electron chi connectivity index (χ0n) is 11.5.